The SMILES string of the molecule is CC(C)C(CS(=O)(=O)C(C)c1ccc(C#N)cc1)NC(=O)Oc1ccc(F)cc1. The molecule has 0 radical (unpaired) electrons. The van der Waals surface area contributed by atoms with Crippen LogP contribution in [0.1, 0.15) is 37.1 Å². The van der Waals surface area contributed by atoms with E-state index in [-0.39, 0.29) is 17.4 Å². The second kappa shape index (κ2) is 9.52. The van der Waals surface area contributed by atoms with Gasteiger partial charge in [-0.15, -0.1) is 0 Å². The molecule has 2 aromatic rings. The van der Waals surface area contributed by atoms with Crippen molar-refractivity contribution in [1.82, 2.24) is 5.32 Å². The van der Waals surface area contributed by atoms with Crippen LogP contribution in [0.25, 0.3) is 0 Å². The maximum atomic E-state index is 12.9. The summed E-state index contributed by atoms with van der Waals surface area (Å²) in [5.41, 5.74) is 1.02. The number of halogens is 1. The molecular formula is C21H23FN2O4S. The first-order chi connectivity index (χ1) is 13.6. The molecule has 0 aliphatic rings. The van der Waals surface area contributed by atoms with Crippen molar-refractivity contribution in [3.05, 3.63) is 65.5 Å². The van der Waals surface area contributed by atoms with Crippen molar-refractivity contribution in [2.75, 3.05) is 5.75 Å². The van der Waals surface area contributed by atoms with Crippen molar-refractivity contribution >= 4 is 15.9 Å². The number of hydrogen-bond acceptors (Lipinski definition) is 5. The number of carbonyl (C=O) groups excluding carboxylic acids is 1. The predicted octanol–water partition coefficient (Wildman–Crippen LogP) is 3.99. The summed E-state index contributed by atoms with van der Waals surface area (Å²) in [6, 6.07) is 12.6. The first-order valence-electron chi connectivity index (χ1n) is 9.08. The van der Waals surface area contributed by atoms with Crippen LogP contribution >= 0.6 is 0 Å². The molecule has 0 saturated carbocycles. The van der Waals surface area contributed by atoms with Gasteiger partial charge in [0.05, 0.1) is 22.6 Å². The summed E-state index contributed by atoms with van der Waals surface area (Å²) in [7, 11) is -3.60. The minimum atomic E-state index is -3.60. The molecule has 0 fully saturated rings. The Morgan fingerprint density at radius 1 is 1.10 bits per heavy atom. The Hall–Kier alpha value is -2.92. The smallest absolute Gasteiger partial charge is 0.410 e. The molecule has 1 N–H and O–H groups in total. The van der Waals surface area contributed by atoms with E-state index in [0.717, 1.165) is 12.1 Å². The van der Waals surface area contributed by atoms with Gasteiger partial charge in [-0.3, -0.25) is 0 Å². The lowest BCUT2D eigenvalue weighted by Gasteiger charge is -2.24. The van der Waals surface area contributed by atoms with E-state index in [1.54, 1.807) is 45.0 Å². The normalized spacial score (nSPS) is 13.4. The number of nitrogens with one attached hydrogen (secondary N) is 1. The first-order valence-corrected chi connectivity index (χ1v) is 10.8. The molecular weight excluding hydrogens is 395 g/mol. The lowest BCUT2D eigenvalue weighted by atomic mass is 10.1. The van der Waals surface area contributed by atoms with Crippen LogP contribution in [0.2, 0.25) is 0 Å². The lowest BCUT2D eigenvalue weighted by molar-refractivity contribution is 0.193. The first kappa shape index (κ1) is 22.4. The Kier molecular flexibility index (Phi) is 7.35. The highest BCUT2D eigenvalue weighted by Crippen LogP contribution is 2.24. The van der Waals surface area contributed by atoms with Crippen LogP contribution in [-0.4, -0.2) is 26.3 Å². The number of amides is 1. The van der Waals surface area contributed by atoms with Gasteiger partial charge >= 0.3 is 6.09 Å². The number of ether oxygens (including phenoxy) is 1. The van der Waals surface area contributed by atoms with Crippen molar-refractivity contribution < 1.29 is 22.3 Å². The number of nitriles is 1. The quantitative estimate of drug-likeness (QED) is 0.733. The van der Waals surface area contributed by atoms with E-state index in [9.17, 15) is 17.6 Å². The van der Waals surface area contributed by atoms with Crippen molar-refractivity contribution in [1.29, 1.82) is 5.26 Å². The molecule has 0 saturated heterocycles. The summed E-state index contributed by atoms with van der Waals surface area (Å²) >= 11 is 0. The van der Waals surface area contributed by atoms with Gasteiger partial charge in [-0.2, -0.15) is 5.26 Å². The van der Waals surface area contributed by atoms with Crippen molar-refractivity contribution in [3.8, 4) is 11.8 Å². The fourth-order valence-electron chi connectivity index (χ4n) is 2.62. The molecule has 6 nitrogen and oxygen atoms in total. The molecule has 2 rings (SSSR count). The molecule has 2 aromatic carbocycles. The standard InChI is InChI=1S/C21H23FN2O4S/c1-14(2)20(24-21(25)28-19-10-8-18(22)9-11-19)13-29(26,27)15(3)17-6-4-16(12-23)5-7-17/h4-11,14-15,20H,13H2,1-3H3,(H,24,25). The Morgan fingerprint density at radius 3 is 2.21 bits per heavy atom. The average Bonchev–Trinajstić information content (AvgIpc) is 2.68. The molecule has 0 aliphatic heterocycles. The van der Waals surface area contributed by atoms with Gasteiger partial charge in [0.15, 0.2) is 9.84 Å². The topological polar surface area (TPSA) is 96.3 Å². The van der Waals surface area contributed by atoms with E-state index >= 15 is 0 Å². The lowest BCUT2D eigenvalue weighted by Crippen LogP contribution is -2.45. The third-order valence-electron chi connectivity index (χ3n) is 4.59. The summed E-state index contributed by atoms with van der Waals surface area (Å²) in [6.45, 7) is 5.17. The second-order valence-electron chi connectivity index (χ2n) is 7.04. The molecule has 1 amide bonds. The summed E-state index contributed by atoms with van der Waals surface area (Å²) in [4.78, 5) is 12.2. The van der Waals surface area contributed by atoms with Crippen LogP contribution in [0.5, 0.6) is 5.75 Å². The zero-order valence-corrected chi connectivity index (χ0v) is 17.2. The number of carbonyl (C=O) groups is 1. The Balaban J connectivity index is 2.08. The largest absolute Gasteiger partial charge is 0.412 e. The van der Waals surface area contributed by atoms with E-state index in [4.69, 9.17) is 10.00 Å². The number of rotatable bonds is 7. The van der Waals surface area contributed by atoms with Gasteiger partial charge < -0.3 is 10.1 Å². The number of benzene rings is 2. The van der Waals surface area contributed by atoms with Gasteiger partial charge in [0.25, 0.3) is 0 Å². The third-order valence-corrected chi connectivity index (χ3v) is 6.77. The molecule has 0 bridgehead atoms. The summed E-state index contributed by atoms with van der Waals surface area (Å²) in [6.07, 6.45) is -0.809. The number of hydrogen-bond donors (Lipinski definition) is 1. The van der Waals surface area contributed by atoms with Gasteiger partial charge in [0.2, 0.25) is 0 Å². The van der Waals surface area contributed by atoms with E-state index in [1.807, 2.05) is 6.07 Å². The average molecular weight is 418 g/mol. The summed E-state index contributed by atoms with van der Waals surface area (Å²) in [5.74, 6) is -0.746. The monoisotopic (exact) mass is 418 g/mol. The van der Waals surface area contributed by atoms with Crippen LogP contribution in [0.4, 0.5) is 9.18 Å². The second-order valence-corrected chi connectivity index (χ2v) is 9.41. The van der Waals surface area contributed by atoms with Crippen molar-refractivity contribution in [2.45, 2.75) is 32.1 Å². The van der Waals surface area contributed by atoms with Crippen LogP contribution in [0.15, 0.2) is 48.5 Å². The Bertz CT molecular complexity index is 981. The van der Waals surface area contributed by atoms with Gasteiger partial charge in [-0.25, -0.2) is 17.6 Å². The molecule has 0 aromatic heterocycles. The minimum Gasteiger partial charge on any atom is -0.410 e. The molecule has 0 spiro atoms. The molecule has 0 aliphatic carbocycles. The van der Waals surface area contributed by atoms with E-state index < -0.39 is 33.0 Å². The van der Waals surface area contributed by atoms with Crippen LogP contribution in [-0.2, 0) is 9.84 Å². The van der Waals surface area contributed by atoms with Crippen LogP contribution < -0.4 is 10.1 Å². The summed E-state index contributed by atoms with van der Waals surface area (Å²) < 4.78 is 43.8. The molecule has 2 atom stereocenters. The highest BCUT2D eigenvalue weighted by molar-refractivity contribution is 7.91. The highest BCUT2D eigenvalue weighted by Gasteiger charge is 2.29. The minimum absolute atomic E-state index is 0.153. The van der Waals surface area contributed by atoms with Crippen LogP contribution in [0.3, 0.4) is 0 Å². The van der Waals surface area contributed by atoms with E-state index in [0.29, 0.717) is 11.1 Å². The zero-order valence-electron chi connectivity index (χ0n) is 16.4. The predicted molar refractivity (Wildman–Crippen MR) is 108 cm³/mol. The van der Waals surface area contributed by atoms with E-state index in [2.05, 4.69) is 5.32 Å². The highest BCUT2D eigenvalue weighted by atomic mass is 32.2. The van der Waals surface area contributed by atoms with E-state index in [1.165, 1.54) is 12.1 Å². The van der Waals surface area contributed by atoms with Gasteiger partial charge in [0, 0.05) is 6.04 Å². The third kappa shape index (κ3) is 6.29. The molecule has 29 heavy (non-hydrogen) atoms. The number of nitrogens with zero attached hydrogens (tertiary/aromatic N) is 1. The molecule has 8 heteroatoms. The molecule has 154 valence electrons. The maximum Gasteiger partial charge on any atom is 0.412 e. The molecule has 2 unspecified atom stereocenters. The summed E-state index contributed by atoms with van der Waals surface area (Å²) in [5, 5.41) is 10.7. The fourth-order valence-corrected chi connectivity index (χ4v) is 4.45. The van der Waals surface area contributed by atoms with Gasteiger partial charge in [0.1, 0.15) is 11.6 Å². The maximum absolute atomic E-state index is 12.9. The van der Waals surface area contributed by atoms with Crippen molar-refractivity contribution in [2.24, 2.45) is 5.92 Å². The molecule has 0 heterocycles. The Labute approximate surface area is 170 Å². The fraction of sp³-hybridized carbons (Fsp3) is 0.333. The van der Waals surface area contributed by atoms with Gasteiger partial charge in [-0.1, -0.05) is 26.0 Å². The van der Waals surface area contributed by atoms with Crippen LogP contribution in [0, 0.1) is 23.1 Å². The zero-order chi connectivity index (χ0) is 21.6. The Morgan fingerprint density at radius 2 is 1.69 bits per heavy atom. The van der Waals surface area contributed by atoms with Gasteiger partial charge in [-0.05, 0) is 54.8 Å². The van der Waals surface area contributed by atoms with Crippen molar-refractivity contribution in [3.63, 3.8) is 0 Å². The number of sulfone groups is 1.